The van der Waals surface area contributed by atoms with E-state index in [1.807, 2.05) is 0 Å². The number of aliphatic hydroxyl groups excluding tert-OH is 1. The quantitative estimate of drug-likeness (QED) is 0.793. The van der Waals surface area contributed by atoms with E-state index in [1.165, 1.54) is 24.3 Å². The van der Waals surface area contributed by atoms with Crippen molar-refractivity contribution in [3.63, 3.8) is 0 Å². The molecule has 2 N–H and O–H groups in total. The smallest absolute Gasteiger partial charge is 0.151 e. The van der Waals surface area contributed by atoms with Crippen LogP contribution < -0.4 is 10.1 Å². The Bertz CT molecular complexity index is 532. The first-order valence-electron chi connectivity index (χ1n) is 6.45. The normalized spacial score (nSPS) is 22.6. The third-order valence-corrected chi connectivity index (χ3v) is 4.90. The predicted molar refractivity (Wildman–Crippen MR) is 73.0 cm³/mol. The molecule has 2 rings (SSSR count). The number of hydrogen-bond donors (Lipinski definition) is 2. The molecule has 7 heteroatoms. The summed E-state index contributed by atoms with van der Waals surface area (Å²) in [6, 6.07) is 5.44. The number of rotatable bonds is 6. The Labute approximate surface area is 117 Å². The van der Waals surface area contributed by atoms with Crippen LogP contribution in [0.25, 0.3) is 0 Å². The van der Waals surface area contributed by atoms with Gasteiger partial charge in [0.15, 0.2) is 9.84 Å². The summed E-state index contributed by atoms with van der Waals surface area (Å²) < 4.78 is 40.5. The van der Waals surface area contributed by atoms with Crippen LogP contribution >= 0.6 is 0 Å². The fourth-order valence-electron chi connectivity index (χ4n) is 2.04. The molecule has 5 nitrogen and oxygen atoms in total. The summed E-state index contributed by atoms with van der Waals surface area (Å²) in [5.74, 6) is 0.460. The van der Waals surface area contributed by atoms with E-state index in [9.17, 15) is 17.9 Å². The molecule has 0 aliphatic carbocycles. The average molecular weight is 303 g/mol. The molecule has 0 aromatic heterocycles. The van der Waals surface area contributed by atoms with Crippen molar-refractivity contribution < 1.29 is 22.7 Å². The SMILES string of the molecule is O=S1(=O)CCC(NCC(O)COc2ccc(F)cc2)C1. The van der Waals surface area contributed by atoms with Crippen LogP contribution in [0.1, 0.15) is 6.42 Å². The lowest BCUT2D eigenvalue weighted by Gasteiger charge is -2.16. The molecule has 1 saturated heterocycles. The van der Waals surface area contributed by atoms with Crippen LogP contribution in [0.4, 0.5) is 4.39 Å². The summed E-state index contributed by atoms with van der Waals surface area (Å²) >= 11 is 0. The molecule has 1 aromatic carbocycles. The zero-order valence-electron chi connectivity index (χ0n) is 11.0. The number of nitrogens with one attached hydrogen (secondary N) is 1. The summed E-state index contributed by atoms with van der Waals surface area (Å²) in [6.07, 6.45) is -0.170. The number of sulfone groups is 1. The molecule has 20 heavy (non-hydrogen) atoms. The molecule has 1 aliphatic heterocycles. The van der Waals surface area contributed by atoms with Gasteiger partial charge in [-0.3, -0.25) is 0 Å². The number of ether oxygens (including phenoxy) is 1. The van der Waals surface area contributed by atoms with Crippen molar-refractivity contribution in [1.29, 1.82) is 0 Å². The first-order chi connectivity index (χ1) is 9.44. The zero-order chi connectivity index (χ0) is 14.6. The van der Waals surface area contributed by atoms with Crippen LogP contribution in [0.15, 0.2) is 24.3 Å². The first kappa shape index (κ1) is 15.2. The van der Waals surface area contributed by atoms with Crippen LogP contribution in [0, 0.1) is 5.82 Å². The highest BCUT2D eigenvalue weighted by Crippen LogP contribution is 2.12. The molecule has 1 aromatic rings. The Morgan fingerprint density at radius 2 is 2.10 bits per heavy atom. The average Bonchev–Trinajstić information content (AvgIpc) is 2.75. The van der Waals surface area contributed by atoms with Crippen molar-refractivity contribution in [2.45, 2.75) is 18.6 Å². The molecular weight excluding hydrogens is 285 g/mol. The van der Waals surface area contributed by atoms with E-state index in [-0.39, 0.29) is 36.5 Å². The molecule has 0 saturated carbocycles. The van der Waals surface area contributed by atoms with E-state index in [0.717, 1.165) is 0 Å². The minimum Gasteiger partial charge on any atom is -0.491 e. The Balaban J connectivity index is 1.68. The molecule has 1 aliphatic rings. The summed E-state index contributed by atoms with van der Waals surface area (Å²) in [7, 11) is -2.91. The molecule has 0 amide bonds. The largest absolute Gasteiger partial charge is 0.491 e. The first-order valence-corrected chi connectivity index (χ1v) is 8.27. The van der Waals surface area contributed by atoms with Gasteiger partial charge in [0.2, 0.25) is 0 Å². The van der Waals surface area contributed by atoms with Crippen LogP contribution in [-0.4, -0.2) is 50.3 Å². The summed E-state index contributed by atoms with van der Waals surface area (Å²) in [5, 5.41) is 12.8. The molecule has 2 unspecified atom stereocenters. The lowest BCUT2D eigenvalue weighted by Crippen LogP contribution is -2.38. The number of aliphatic hydroxyl groups is 1. The third-order valence-electron chi connectivity index (χ3n) is 3.13. The Morgan fingerprint density at radius 1 is 1.40 bits per heavy atom. The molecule has 1 fully saturated rings. The van der Waals surface area contributed by atoms with E-state index in [1.54, 1.807) is 0 Å². The highest BCUT2D eigenvalue weighted by molar-refractivity contribution is 7.91. The summed E-state index contributed by atoms with van der Waals surface area (Å²) in [4.78, 5) is 0. The second kappa shape index (κ2) is 6.51. The maximum absolute atomic E-state index is 12.7. The molecule has 1 heterocycles. The van der Waals surface area contributed by atoms with Gasteiger partial charge in [-0.2, -0.15) is 0 Å². The fraction of sp³-hybridized carbons (Fsp3) is 0.538. The van der Waals surface area contributed by atoms with Gasteiger partial charge < -0.3 is 15.2 Å². The molecule has 2 atom stereocenters. The minimum atomic E-state index is -2.91. The van der Waals surface area contributed by atoms with Crippen LogP contribution in [0.2, 0.25) is 0 Å². The van der Waals surface area contributed by atoms with Gasteiger partial charge in [-0.1, -0.05) is 0 Å². The minimum absolute atomic E-state index is 0.0676. The highest BCUT2D eigenvalue weighted by Gasteiger charge is 2.27. The van der Waals surface area contributed by atoms with Crippen molar-refractivity contribution >= 4 is 9.84 Å². The topological polar surface area (TPSA) is 75.6 Å². The van der Waals surface area contributed by atoms with E-state index in [4.69, 9.17) is 4.74 Å². The van der Waals surface area contributed by atoms with E-state index in [2.05, 4.69) is 5.32 Å². The zero-order valence-corrected chi connectivity index (χ0v) is 11.8. The third kappa shape index (κ3) is 4.73. The molecule has 0 spiro atoms. The van der Waals surface area contributed by atoms with Gasteiger partial charge in [0.25, 0.3) is 0 Å². The van der Waals surface area contributed by atoms with E-state index < -0.39 is 15.9 Å². The van der Waals surface area contributed by atoms with Gasteiger partial charge in [-0.05, 0) is 30.7 Å². The molecule has 0 radical (unpaired) electrons. The molecular formula is C13H18FNO4S. The Morgan fingerprint density at radius 3 is 2.70 bits per heavy atom. The van der Waals surface area contributed by atoms with Crippen molar-refractivity contribution in [3.8, 4) is 5.75 Å². The lowest BCUT2D eigenvalue weighted by atomic mass is 10.2. The maximum Gasteiger partial charge on any atom is 0.151 e. The standard InChI is InChI=1S/C13H18FNO4S/c14-10-1-3-13(4-2-10)19-8-12(16)7-15-11-5-6-20(17,18)9-11/h1-4,11-12,15-16H,5-9H2. The van der Waals surface area contributed by atoms with Crippen LogP contribution in [0.3, 0.4) is 0 Å². The predicted octanol–water partition coefficient (Wildman–Crippen LogP) is 0.342. The van der Waals surface area contributed by atoms with E-state index >= 15 is 0 Å². The van der Waals surface area contributed by atoms with E-state index in [0.29, 0.717) is 12.2 Å². The van der Waals surface area contributed by atoms with Crippen molar-refractivity contribution in [1.82, 2.24) is 5.32 Å². The van der Waals surface area contributed by atoms with Crippen molar-refractivity contribution in [2.75, 3.05) is 24.7 Å². The Hall–Kier alpha value is -1.18. The molecule has 0 bridgehead atoms. The van der Waals surface area contributed by atoms with Crippen LogP contribution in [0.5, 0.6) is 5.75 Å². The van der Waals surface area contributed by atoms with Gasteiger partial charge >= 0.3 is 0 Å². The number of hydrogen-bond acceptors (Lipinski definition) is 5. The monoisotopic (exact) mass is 303 g/mol. The summed E-state index contributed by atoms with van der Waals surface area (Å²) in [6.45, 7) is 0.333. The Kier molecular flexibility index (Phi) is 4.95. The molecule has 112 valence electrons. The van der Waals surface area contributed by atoms with Gasteiger partial charge in [0, 0.05) is 12.6 Å². The van der Waals surface area contributed by atoms with Gasteiger partial charge in [0.05, 0.1) is 11.5 Å². The number of benzene rings is 1. The van der Waals surface area contributed by atoms with Gasteiger partial charge in [-0.15, -0.1) is 0 Å². The van der Waals surface area contributed by atoms with Crippen LogP contribution in [-0.2, 0) is 9.84 Å². The van der Waals surface area contributed by atoms with Gasteiger partial charge in [-0.25, -0.2) is 12.8 Å². The lowest BCUT2D eigenvalue weighted by molar-refractivity contribution is 0.104. The van der Waals surface area contributed by atoms with Crippen molar-refractivity contribution in [2.24, 2.45) is 0 Å². The number of halogens is 1. The maximum atomic E-state index is 12.7. The van der Waals surface area contributed by atoms with Gasteiger partial charge in [0.1, 0.15) is 24.3 Å². The summed E-state index contributed by atoms with van der Waals surface area (Å²) in [5.41, 5.74) is 0. The van der Waals surface area contributed by atoms with Crippen molar-refractivity contribution in [3.05, 3.63) is 30.1 Å². The second-order valence-corrected chi connectivity index (χ2v) is 7.16. The second-order valence-electron chi connectivity index (χ2n) is 4.93. The highest BCUT2D eigenvalue weighted by atomic mass is 32.2. The fourth-order valence-corrected chi connectivity index (χ4v) is 3.75.